The number of hydrogen-bond acceptors (Lipinski definition) is 5. The third-order valence-electron chi connectivity index (χ3n) is 4.35. The maximum Gasteiger partial charge on any atom is 0.407 e. The van der Waals surface area contributed by atoms with E-state index in [2.05, 4.69) is 15.6 Å². The molecule has 1 atom stereocenters. The number of ether oxygens (including phenoxy) is 1. The second-order valence-corrected chi connectivity index (χ2v) is 6.64. The van der Waals surface area contributed by atoms with Crippen molar-refractivity contribution in [3.63, 3.8) is 0 Å². The summed E-state index contributed by atoms with van der Waals surface area (Å²) in [7, 11) is 0. The first-order valence-corrected chi connectivity index (χ1v) is 9.39. The molecule has 8 heteroatoms. The zero-order valence-corrected chi connectivity index (χ0v) is 16.2. The van der Waals surface area contributed by atoms with Crippen LogP contribution >= 0.6 is 0 Å². The lowest BCUT2D eigenvalue weighted by Crippen LogP contribution is -2.49. The summed E-state index contributed by atoms with van der Waals surface area (Å²) in [6.07, 6.45) is -0.592. The molecule has 3 amide bonds. The fourth-order valence-corrected chi connectivity index (χ4v) is 2.83. The van der Waals surface area contributed by atoms with E-state index in [9.17, 15) is 14.4 Å². The Morgan fingerprint density at radius 3 is 2.47 bits per heavy atom. The summed E-state index contributed by atoms with van der Waals surface area (Å²) in [5.41, 5.74) is 7.65. The molecule has 1 aromatic heterocycles. The largest absolute Gasteiger partial charge is 0.445 e. The van der Waals surface area contributed by atoms with Crippen LogP contribution in [-0.4, -0.2) is 35.5 Å². The lowest BCUT2D eigenvalue weighted by molar-refractivity contribution is -0.126. The molecule has 0 radical (unpaired) electrons. The van der Waals surface area contributed by atoms with Gasteiger partial charge in [-0.05, 0) is 17.7 Å². The maximum atomic E-state index is 12.1. The number of aromatic nitrogens is 1. The highest BCUT2D eigenvalue weighted by Gasteiger charge is 2.20. The van der Waals surface area contributed by atoms with Crippen LogP contribution in [0, 0.1) is 0 Å². The van der Waals surface area contributed by atoms with E-state index in [1.807, 2.05) is 60.7 Å². The van der Waals surface area contributed by atoms with Crippen LogP contribution in [-0.2, 0) is 27.4 Å². The van der Waals surface area contributed by atoms with Gasteiger partial charge < -0.3 is 21.1 Å². The van der Waals surface area contributed by atoms with Gasteiger partial charge >= 0.3 is 6.09 Å². The molecule has 3 aromatic rings. The number of para-hydroxylation sites is 1. The molecular weight excluding hydrogens is 384 g/mol. The molecule has 0 spiro atoms. The number of fused-ring (bicyclic) bond motifs is 1. The molecule has 0 saturated heterocycles. The van der Waals surface area contributed by atoms with Crippen LogP contribution in [0.3, 0.4) is 0 Å². The number of pyridine rings is 1. The Kier molecular flexibility index (Phi) is 6.94. The van der Waals surface area contributed by atoms with Gasteiger partial charge in [0.05, 0.1) is 5.52 Å². The van der Waals surface area contributed by atoms with Crippen molar-refractivity contribution in [2.45, 2.75) is 19.1 Å². The van der Waals surface area contributed by atoms with Crippen LogP contribution in [0.25, 0.3) is 10.9 Å². The van der Waals surface area contributed by atoms with Crippen LogP contribution in [0.5, 0.6) is 0 Å². The molecule has 0 saturated carbocycles. The second kappa shape index (κ2) is 10.0. The summed E-state index contributed by atoms with van der Waals surface area (Å²) < 4.78 is 5.04. The number of alkyl carbamates (subject to hydrolysis) is 1. The van der Waals surface area contributed by atoms with Crippen molar-refractivity contribution in [2.24, 2.45) is 5.73 Å². The summed E-state index contributed by atoms with van der Waals surface area (Å²) in [5, 5.41) is 5.83. The van der Waals surface area contributed by atoms with E-state index in [0.717, 1.165) is 16.5 Å². The van der Waals surface area contributed by atoms with Crippen LogP contribution in [0.2, 0.25) is 0 Å². The fraction of sp³-hybridized carbons (Fsp3) is 0.182. The number of benzene rings is 2. The number of hydrogen-bond donors (Lipinski definition) is 3. The number of carbonyl (C=O) groups excluding carboxylic acids is 3. The van der Waals surface area contributed by atoms with Crippen molar-refractivity contribution < 1.29 is 19.1 Å². The van der Waals surface area contributed by atoms with Gasteiger partial charge in [0, 0.05) is 17.5 Å². The number of nitrogens with one attached hydrogen (secondary N) is 2. The highest BCUT2D eigenvalue weighted by Crippen LogP contribution is 2.12. The third kappa shape index (κ3) is 6.03. The minimum Gasteiger partial charge on any atom is -0.445 e. The lowest BCUT2D eigenvalue weighted by Gasteiger charge is -2.16. The Hall–Kier alpha value is -3.94. The van der Waals surface area contributed by atoms with Crippen molar-refractivity contribution in [2.75, 3.05) is 6.54 Å². The summed E-state index contributed by atoms with van der Waals surface area (Å²) in [6, 6.07) is 19.5. The lowest BCUT2D eigenvalue weighted by atomic mass is 10.1. The minimum absolute atomic E-state index is 0.0891. The van der Waals surface area contributed by atoms with E-state index < -0.39 is 23.9 Å². The van der Waals surface area contributed by atoms with Crippen molar-refractivity contribution in [1.82, 2.24) is 15.6 Å². The highest BCUT2D eigenvalue weighted by atomic mass is 16.5. The average Bonchev–Trinajstić information content (AvgIpc) is 2.76. The molecule has 4 N–H and O–H groups in total. The Labute approximate surface area is 173 Å². The Morgan fingerprint density at radius 1 is 0.967 bits per heavy atom. The first-order valence-electron chi connectivity index (χ1n) is 9.39. The molecule has 0 aliphatic carbocycles. The molecule has 2 aromatic carbocycles. The van der Waals surface area contributed by atoms with E-state index in [0.29, 0.717) is 5.69 Å². The number of amides is 3. The molecule has 1 heterocycles. The first-order chi connectivity index (χ1) is 14.5. The van der Waals surface area contributed by atoms with E-state index in [4.69, 9.17) is 10.5 Å². The predicted octanol–water partition coefficient (Wildman–Crippen LogP) is 1.67. The number of carbonyl (C=O) groups is 3. The third-order valence-corrected chi connectivity index (χ3v) is 4.35. The number of primary amides is 1. The standard InChI is InChI=1S/C22H22N4O4/c23-21(28)19(12-17-11-10-16-8-4-5-9-18(16)25-17)26-20(27)13-24-22(29)30-14-15-6-2-1-3-7-15/h1-11,19H,12-14H2,(H2,23,28)(H,24,29)(H,26,27)/t19-/m1/s1. The normalized spacial score (nSPS) is 11.5. The predicted molar refractivity (Wildman–Crippen MR) is 111 cm³/mol. The summed E-state index contributed by atoms with van der Waals surface area (Å²) in [5.74, 6) is -1.25. The molecule has 30 heavy (non-hydrogen) atoms. The molecule has 8 nitrogen and oxygen atoms in total. The summed E-state index contributed by atoms with van der Waals surface area (Å²) >= 11 is 0. The van der Waals surface area contributed by atoms with Gasteiger partial charge in [0.2, 0.25) is 11.8 Å². The molecule has 0 aliphatic rings. The van der Waals surface area contributed by atoms with Crippen molar-refractivity contribution >= 4 is 28.8 Å². The number of rotatable bonds is 8. The van der Waals surface area contributed by atoms with Crippen LogP contribution in [0.4, 0.5) is 4.79 Å². The van der Waals surface area contributed by atoms with E-state index in [-0.39, 0.29) is 19.6 Å². The van der Waals surface area contributed by atoms with Crippen molar-refractivity contribution in [3.05, 3.63) is 78.0 Å². The van der Waals surface area contributed by atoms with Crippen molar-refractivity contribution in [3.8, 4) is 0 Å². The number of nitrogens with zero attached hydrogens (tertiary/aromatic N) is 1. The minimum atomic E-state index is -0.951. The highest BCUT2D eigenvalue weighted by molar-refractivity contribution is 5.89. The van der Waals surface area contributed by atoms with Crippen LogP contribution < -0.4 is 16.4 Å². The van der Waals surface area contributed by atoms with E-state index >= 15 is 0 Å². The molecule has 0 bridgehead atoms. The molecule has 3 rings (SSSR count). The molecular formula is C22H22N4O4. The van der Waals surface area contributed by atoms with Gasteiger partial charge in [-0.1, -0.05) is 54.6 Å². The average molecular weight is 406 g/mol. The molecule has 0 aliphatic heterocycles. The van der Waals surface area contributed by atoms with Gasteiger partial charge in [0.15, 0.2) is 0 Å². The van der Waals surface area contributed by atoms with Crippen molar-refractivity contribution in [1.29, 1.82) is 0 Å². The van der Waals surface area contributed by atoms with Gasteiger partial charge in [-0.25, -0.2) is 4.79 Å². The second-order valence-electron chi connectivity index (χ2n) is 6.64. The smallest absolute Gasteiger partial charge is 0.407 e. The zero-order valence-electron chi connectivity index (χ0n) is 16.2. The fourth-order valence-electron chi connectivity index (χ4n) is 2.83. The van der Waals surface area contributed by atoms with E-state index in [1.165, 1.54) is 0 Å². The summed E-state index contributed by atoms with van der Waals surface area (Å²) in [6.45, 7) is -0.256. The van der Waals surface area contributed by atoms with Gasteiger partial charge in [-0.15, -0.1) is 0 Å². The SMILES string of the molecule is NC(=O)[C@@H](Cc1ccc2ccccc2n1)NC(=O)CNC(=O)OCc1ccccc1. The van der Waals surface area contributed by atoms with Gasteiger partial charge in [0.25, 0.3) is 0 Å². The molecule has 0 fully saturated rings. The monoisotopic (exact) mass is 406 g/mol. The van der Waals surface area contributed by atoms with Gasteiger partial charge in [-0.2, -0.15) is 0 Å². The number of nitrogens with two attached hydrogens (primary N) is 1. The Morgan fingerprint density at radius 2 is 1.70 bits per heavy atom. The van der Waals surface area contributed by atoms with Gasteiger partial charge in [-0.3, -0.25) is 14.6 Å². The quantitative estimate of drug-likeness (QED) is 0.525. The first kappa shape index (κ1) is 20.8. The van der Waals surface area contributed by atoms with Crippen LogP contribution in [0.15, 0.2) is 66.7 Å². The maximum absolute atomic E-state index is 12.1. The molecule has 154 valence electrons. The zero-order chi connectivity index (χ0) is 21.3. The van der Waals surface area contributed by atoms with Gasteiger partial charge in [0.1, 0.15) is 19.2 Å². The Bertz CT molecular complexity index is 1040. The molecule has 0 unspecified atom stereocenters. The summed E-state index contributed by atoms with van der Waals surface area (Å²) in [4.78, 5) is 40.1. The Balaban J connectivity index is 1.49. The van der Waals surface area contributed by atoms with Crippen LogP contribution in [0.1, 0.15) is 11.3 Å². The topological polar surface area (TPSA) is 123 Å². The van der Waals surface area contributed by atoms with E-state index in [1.54, 1.807) is 6.07 Å².